The van der Waals surface area contributed by atoms with Gasteiger partial charge in [-0.1, -0.05) is 12.1 Å². The first kappa shape index (κ1) is 15.3. The highest BCUT2D eigenvalue weighted by Gasteiger charge is 2.14. The molecule has 19 heavy (non-hydrogen) atoms. The zero-order chi connectivity index (χ0) is 14.5. The molecule has 0 fully saturated rings. The van der Waals surface area contributed by atoms with Crippen molar-refractivity contribution in [1.82, 2.24) is 4.72 Å². The summed E-state index contributed by atoms with van der Waals surface area (Å²) in [6.07, 6.45) is 0. The zero-order valence-corrected chi connectivity index (χ0v) is 11.6. The average molecular weight is 286 g/mol. The van der Waals surface area contributed by atoms with Gasteiger partial charge in [0.2, 0.25) is 0 Å². The van der Waals surface area contributed by atoms with Gasteiger partial charge in [0.25, 0.3) is 10.2 Å². The number of anilines is 1. The van der Waals surface area contributed by atoms with Gasteiger partial charge in [-0.15, -0.1) is 0 Å². The highest BCUT2D eigenvalue weighted by Crippen LogP contribution is 2.24. The van der Waals surface area contributed by atoms with Crippen LogP contribution < -0.4 is 19.9 Å². The van der Waals surface area contributed by atoms with E-state index in [1.54, 1.807) is 38.1 Å². The highest BCUT2D eigenvalue weighted by atomic mass is 32.2. The van der Waals surface area contributed by atoms with Crippen molar-refractivity contribution >= 4 is 21.7 Å². The van der Waals surface area contributed by atoms with E-state index in [1.165, 1.54) is 0 Å². The second-order valence-electron chi connectivity index (χ2n) is 4.19. The van der Waals surface area contributed by atoms with Gasteiger partial charge >= 0.3 is 0 Å². The van der Waals surface area contributed by atoms with E-state index in [0.717, 1.165) is 0 Å². The summed E-state index contributed by atoms with van der Waals surface area (Å²) in [6.45, 7) is 3.34. The maximum absolute atomic E-state index is 11.8. The first-order chi connectivity index (χ1) is 8.80. The van der Waals surface area contributed by atoms with Crippen molar-refractivity contribution in [2.75, 3.05) is 11.3 Å². The SMILES string of the molecule is CC(C)NS(=O)(=O)Nc1ccccc1OCC(=N)N. The number of rotatable bonds is 7. The lowest BCUT2D eigenvalue weighted by Gasteiger charge is -2.14. The van der Waals surface area contributed by atoms with Crippen molar-refractivity contribution in [3.63, 3.8) is 0 Å². The average Bonchev–Trinajstić information content (AvgIpc) is 2.25. The summed E-state index contributed by atoms with van der Waals surface area (Å²) in [4.78, 5) is 0. The van der Waals surface area contributed by atoms with Gasteiger partial charge in [-0.2, -0.15) is 13.1 Å². The molecule has 0 aliphatic carbocycles. The second kappa shape index (κ2) is 6.39. The van der Waals surface area contributed by atoms with Crippen molar-refractivity contribution in [2.24, 2.45) is 5.73 Å². The van der Waals surface area contributed by atoms with Crippen LogP contribution in [0.4, 0.5) is 5.69 Å². The van der Waals surface area contributed by atoms with Gasteiger partial charge in [-0.3, -0.25) is 10.1 Å². The number of hydrogen-bond donors (Lipinski definition) is 4. The second-order valence-corrected chi connectivity index (χ2v) is 5.63. The minimum Gasteiger partial charge on any atom is -0.484 e. The van der Waals surface area contributed by atoms with E-state index in [2.05, 4.69) is 9.44 Å². The fourth-order valence-corrected chi connectivity index (χ4v) is 2.45. The van der Waals surface area contributed by atoms with Crippen LogP contribution in [0.1, 0.15) is 13.8 Å². The quantitative estimate of drug-likeness (QED) is 0.435. The van der Waals surface area contributed by atoms with Crippen molar-refractivity contribution in [1.29, 1.82) is 5.41 Å². The van der Waals surface area contributed by atoms with Crippen LogP contribution >= 0.6 is 0 Å². The van der Waals surface area contributed by atoms with E-state index in [0.29, 0.717) is 5.75 Å². The Morgan fingerprint density at radius 3 is 2.63 bits per heavy atom. The fourth-order valence-electron chi connectivity index (χ4n) is 1.32. The summed E-state index contributed by atoms with van der Waals surface area (Å²) >= 11 is 0. The molecule has 0 aliphatic rings. The van der Waals surface area contributed by atoms with Gasteiger partial charge in [0, 0.05) is 6.04 Å². The molecule has 0 saturated carbocycles. The Kier molecular flexibility index (Phi) is 5.13. The Morgan fingerprint density at radius 1 is 1.42 bits per heavy atom. The number of nitrogens with two attached hydrogens (primary N) is 1. The molecule has 0 amide bonds. The maximum atomic E-state index is 11.8. The van der Waals surface area contributed by atoms with E-state index in [4.69, 9.17) is 15.9 Å². The highest BCUT2D eigenvalue weighted by molar-refractivity contribution is 7.90. The molecular weight excluding hydrogens is 268 g/mol. The Balaban J connectivity index is 2.86. The molecule has 0 atom stereocenters. The molecule has 0 aromatic heterocycles. The van der Waals surface area contributed by atoms with Crippen LogP contribution in [0.5, 0.6) is 5.75 Å². The molecule has 0 heterocycles. The molecule has 0 aliphatic heterocycles. The summed E-state index contributed by atoms with van der Waals surface area (Å²) in [6, 6.07) is 6.31. The summed E-state index contributed by atoms with van der Waals surface area (Å²) in [5.41, 5.74) is 5.48. The van der Waals surface area contributed by atoms with Crippen molar-refractivity contribution < 1.29 is 13.2 Å². The Bertz CT molecular complexity index is 543. The van der Waals surface area contributed by atoms with E-state index in [-0.39, 0.29) is 24.2 Å². The molecular formula is C11H18N4O3S. The van der Waals surface area contributed by atoms with Gasteiger partial charge in [0.05, 0.1) is 5.69 Å². The lowest BCUT2D eigenvalue weighted by molar-refractivity contribution is 0.376. The van der Waals surface area contributed by atoms with Crippen molar-refractivity contribution in [2.45, 2.75) is 19.9 Å². The third kappa shape index (κ3) is 5.58. The molecule has 0 spiro atoms. The molecule has 0 saturated heterocycles. The maximum Gasteiger partial charge on any atom is 0.299 e. The predicted octanol–water partition coefficient (Wildman–Crippen LogP) is 0.656. The Hall–Kier alpha value is -1.80. The first-order valence-corrected chi connectivity index (χ1v) is 7.13. The number of ether oxygens (including phenoxy) is 1. The third-order valence-electron chi connectivity index (χ3n) is 1.91. The normalized spacial score (nSPS) is 11.3. The topological polar surface area (TPSA) is 117 Å². The largest absolute Gasteiger partial charge is 0.484 e. The van der Waals surface area contributed by atoms with Gasteiger partial charge < -0.3 is 10.5 Å². The first-order valence-electron chi connectivity index (χ1n) is 5.65. The van der Waals surface area contributed by atoms with Crippen LogP contribution in [-0.2, 0) is 10.2 Å². The molecule has 0 bridgehead atoms. The van der Waals surface area contributed by atoms with Gasteiger partial charge in [0.15, 0.2) is 0 Å². The van der Waals surface area contributed by atoms with E-state index in [1.807, 2.05) is 0 Å². The molecule has 1 aromatic carbocycles. The summed E-state index contributed by atoms with van der Waals surface area (Å²) in [5.74, 6) is 0.171. The summed E-state index contributed by atoms with van der Waals surface area (Å²) in [5, 5.41) is 7.09. The van der Waals surface area contributed by atoms with Crippen LogP contribution in [0.25, 0.3) is 0 Å². The number of amidine groups is 1. The van der Waals surface area contributed by atoms with Crippen LogP contribution in [0.3, 0.4) is 0 Å². The van der Waals surface area contributed by atoms with Gasteiger partial charge in [-0.05, 0) is 26.0 Å². The Labute approximate surface area is 112 Å². The molecule has 1 aromatic rings. The molecule has 106 valence electrons. The number of benzene rings is 1. The van der Waals surface area contributed by atoms with E-state index >= 15 is 0 Å². The van der Waals surface area contributed by atoms with Gasteiger partial charge in [0.1, 0.15) is 18.2 Å². The third-order valence-corrected chi connectivity index (χ3v) is 3.18. The molecule has 7 nitrogen and oxygen atoms in total. The number of nitrogens with one attached hydrogen (secondary N) is 3. The van der Waals surface area contributed by atoms with E-state index in [9.17, 15) is 8.42 Å². The molecule has 0 radical (unpaired) electrons. The van der Waals surface area contributed by atoms with Crippen LogP contribution in [0.15, 0.2) is 24.3 Å². The molecule has 1 rings (SSSR count). The summed E-state index contributed by atoms with van der Waals surface area (Å²) in [7, 11) is -3.66. The number of para-hydroxylation sites is 2. The van der Waals surface area contributed by atoms with Crippen LogP contribution in [-0.4, -0.2) is 26.9 Å². The van der Waals surface area contributed by atoms with E-state index < -0.39 is 10.2 Å². The molecule has 8 heteroatoms. The van der Waals surface area contributed by atoms with Gasteiger partial charge in [-0.25, -0.2) is 0 Å². The minimum atomic E-state index is -3.66. The monoisotopic (exact) mass is 286 g/mol. The van der Waals surface area contributed by atoms with Crippen molar-refractivity contribution in [3.8, 4) is 5.75 Å². The standard InChI is InChI=1S/C11H18N4O3S/c1-8(2)14-19(16,17)15-9-5-3-4-6-10(9)18-7-11(12)13/h3-6,8,14-15H,7H2,1-2H3,(H3,12,13). The molecule has 0 unspecified atom stereocenters. The number of hydrogen-bond acceptors (Lipinski definition) is 4. The summed E-state index contributed by atoms with van der Waals surface area (Å²) < 4.78 is 33.5. The van der Waals surface area contributed by atoms with Crippen LogP contribution in [0.2, 0.25) is 0 Å². The zero-order valence-electron chi connectivity index (χ0n) is 10.8. The minimum absolute atomic E-state index is 0.101. The van der Waals surface area contributed by atoms with Crippen LogP contribution in [0, 0.1) is 5.41 Å². The Morgan fingerprint density at radius 2 is 2.05 bits per heavy atom. The predicted molar refractivity (Wildman–Crippen MR) is 74.7 cm³/mol. The van der Waals surface area contributed by atoms with Crippen molar-refractivity contribution in [3.05, 3.63) is 24.3 Å². The smallest absolute Gasteiger partial charge is 0.299 e. The molecule has 5 N–H and O–H groups in total. The fraction of sp³-hybridized carbons (Fsp3) is 0.364. The lowest BCUT2D eigenvalue weighted by Crippen LogP contribution is -2.35. The lowest BCUT2D eigenvalue weighted by atomic mass is 10.3.